The Morgan fingerprint density at radius 3 is 2.84 bits per heavy atom. The predicted molar refractivity (Wildman–Crippen MR) is 76.6 cm³/mol. The SMILES string of the molecule is Cc1nn(C)c2sc(C(=O)NC(C)CC(C)O)cc12. The van der Waals surface area contributed by atoms with E-state index in [9.17, 15) is 9.90 Å². The van der Waals surface area contributed by atoms with Gasteiger partial charge in [-0.2, -0.15) is 5.10 Å². The molecule has 2 heterocycles. The van der Waals surface area contributed by atoms with Crippen LogP contribution in [0.4, 0.5) is 0 Å². The van der Waals surface area contributed by atoms with Crippen LogP contribution in [0, 0.1) is 6.92 Å². The number of nitrogens with zero attached hydrogens (tertiary/aromatic N) is 2. The molecule has 2 unspecified atom stereocenters. The van der Waals surface area contributed by atoms with Gasteiger partial charge in [0.1, 0.15) is 4.83 Å². The lowest BCUT2D eigenvalue weighted by Gasteiger charge is -2.14. The summed E-state index contributed by atoms with van der Waals surface area (Å²) in [5.41, 5.74) is 0.935. The van der Waals surface area contributed by atoms with Crippen LogP contribution in [0.2, 0.25) is 0 Å². The summed E-state index contributed by atoms with van der Waals surface area (Å²) in [4.78, 5) is 13.8. The molecule has 104 valence electrons. The number of carbonyl (C=O) groups is 1. The molecule has 2 rings (SSSR count). The van der Waals surface area contributed by atoms with E-state index in [4.69, 9.17) is 0 Å². The molecule has 0 aliphatic rings. The third-order valence-electron chi connectivity index (χ3n) is 2.99. The fraction of sp³-hybridized carbons (Fsp3) is 0.538. The quantitative estimate of drug-likeness (QED) is 0.898. The van der Waals surface area contributed by atoms with Gasteiger partial charge in [0.15, 0.2) is 0 Å². The summed E-state index contributed by atoms with van der Waals surface area (Å²) in [5.74, 6) is -0.0891. The van der Waals surface area contributed by atoms with Gasteiger partial charge in [-0.15, -0.1) is 11.3 Å². The number of hydrogen-bond donors (Lipinski definition) is 2. The molecule has 6 heteroatoms. The number of hydrogen-bond acceptors (Lipinski definition) is 4. The Morgan fingerprint density at radius 2 is 2.26 bits per heavy atom. The fourth-order valence-electron chi connectivity index (χ4n) is 2.18. The van der Waals surface area contributed by atoms with Gasteiger partial charge >= 0.3 is 0 Å². The number of aromatic nitrogens is 2. The molecule has 2 aromatic heterocycles. The molecule has 0 saturated carbocycles. The van der Waals surface area contributed by atoms with E-state index >= 15 is 0 Å². The van der Waals surface area contributed by atoms with Gasteiger partial charge in [-0.1, -0.05) is 0 Å². The molecule has 0 saturated heterocycles. The monoisotopic (exact) mass is 281 g/mol. The summed E-state index contributed by atoms with van der Waals surface area (Å²) in [6, 6.07) is 1.84. The lowest BCUT2D eigenvalue weighted by atomic mass is 10.1. The van der Waals surface area contributed by atoms with E-state index in [0.717, 1.165) is 15.9 Å². The molecule has 5 nitrogen and oxygen atoms in total. The Morgan fingerprint density at radius 1 is 1.58 bits per heavy atom. The van der Waals surface area contributed by atoms with Crippen molar-refractivity contribution in [2.75, 3.05) is 0 Å². The zero-order valence-corrected chi connectivity index (χ0v) is 12.4. The van der Waals surface area contributed by atoms with Crippen molar-refractivity contribution in [3.63, 3.8) is 0 Å². The van der Waals surface area contributed by atoms with E-state index in [2.05, 4.69) is 10.4 Å². The van der Waals surface area contributed by atoms with Crippen LogP contribution < -0.4 is 5.32 Å². The van der Waals surface area contributed by atoms with Crippen molar-refractivity contribution in [1.82, 2.24) is 15.1 Å². The first-order valence-electron chi connectivity index (χ1n) is 6.30. The molecular weight excluding hydrogens is 262 g/mol. The Kier molecular flexibility index (Phi) is 3.91. The van der Waals surface area contributed by atoms with Gasteiger partial charge in [0.2, 0.25) is 0 Å². The van der Waals surface area contributed by atoms with Gasteiger partial charge in [0, 0.05) is 18.5 Å². The molecule has 2 aromatic rings. The van der Waals surface area contributed by atoms with Gasteiger partial charge in [-0.05, 0) is 33.3 Å². The molecule has 0 aromatic carbocycles. The Bertz CT molecular complexity index is 566. The van der Waals surface area contributed by atoms with E-state index < -0.39 is 6.10 Å². The second kappa shape index (κ2) is 5.30. The van der Waals surface area contributed by atoms with Crippen LogP contribution >= 0.6 is 11.3 Å². The molecule has 19 heavy (non-hydrogen) atoms. The van der Waals surface area contributed by atoms with Gasteiger partial charge in [-0.25, -0.2) is 0 Å². The molecule has 0 aliphatic heterocycles. The van der Waals surface area contributed by atoms with Gasteiger partial charge < -0.3 is 10.4 Å². The molecular formula is C13H19N3O2S. The summed E-state index contributed by atoms with van der Waals surface area (Å²) in [6.45, 7) is 5.55. The van der Waals surface area contributed by atoms with E-state index in [1.807, 2.05) is 27.0 Å². The first kappa shape index (κ1) is 14.0. The highest BCUT2D eigenvalue weighted by molar-refractivity contribution is 7.20. The van der Waals surface area contributed by atoms with Crippen LogP contribution in [0.25, 0.3) is 10.2 Å². The Hall–Kier alpha value is -1.40. The van der Waals surface area contributed by atoms with Gasteiger partial charge in [0.05, 0.1) is 16.7 Å². The van der Waals surface area contributed by atoms with Gasteiger partial charge in [0.25, 0.3) is 5.91 Å². The molecule has 0 aliphatic carbocycles. The van der Waals surface area contributed by atoms with Crippen LogP contribution in [-0.4, -0.2) is 32.9 Å². The van der Waals surface area contributed by atoms with E-state index in [0.29, 0.717) is 11.3 Å². The van der Waals surface area contributed by atoms with Gasteiger partial charge in [-0.3, -0.25) is 9.48 Å². The number of rotatable bonds is 4. The third-order valence-corrected chi connectivity index (χ3v) is 4.19. The van der Waals surface area contributed by atoms with Crippen LogP contribution in [0.1, 0.15) is 35.6 Å². The maximum absolute atomic E-state index is 12.1. The maximum atomic E-state index is 12.1. The largest absolute Gasteiger partial charge is 0.393 e. The maximum Gasteiger partial charge on any atom is 0.261 e. The Balaban J connectivity index is 2.15. The van der Waals surface area contributed by atoms with E-state index in [1.165, 1.54) is 11.3 Å². The van der Waals surface area contributed by atoms with Crippen LogP contribution in [0.15, 0.2) is 6.07 Å². The van der Waals surface area contributed by atoms with E-state index in [-0.39, 0.29) is 11.9 Å². The molecule has 2 atom stereocenters. The number of thiophene rings is 1. The number of aryl methyl sites for hydroxylation is 2. The third kappa shape index (κ3) is 2.96. The first-order chi connectivity index (χ1) is 8.88. The normalized spacial score (nSPS) is 14.6. The lowest BCUT2D eigenvalue weighted by molar-refractivity contribution is 0.0927. The highest BCUT2D eigenvalue weighted by Gasteiger charge is 2.17. The fourth-order valence-corrected chi connectivity index (χ4v) is 3.21. The van der Waals surface area contributed by atoms with Crippen molar-refractivity contribution < 1.29 is 9.90 Å². The highest BCUT2D eigenvalue weighted by atomic mass is 32.1. The number of nitrogens with one attached hydrogen (secondary N) is 1. The lowest BCUT2D eigenvalue weighted by Crippen LogP contribution is -2.34. The smallest absolute Gasteiger partial charge is 0.261 e. The summed E-state index contributed by atoms with van der Waals surface area (Å²) in [5, 5.41) is 17.5. The van der Waals surface area contributed by atoms with E-state index in [1.54, 1.807) is 11.6 Å². The average Bonchev–Trinajstić information content (AvgIpc) is 2.80. The molecule has 0 bridgehead atoms. The first-order valence-corrected chi connectivity index (χ1v) is 7.12. The number of aliphatic hydroxyl groups excluding tert-OH is 1. The zero-order chi connectivity index (χ0) is 14.2. The molecule has 0 radical (unpaired) electrons. The minimum Gasteiger partial charge on any atom is -0.393 e. The number of fused-ring (bicyclic) bond motifs is 1. The van der Waals surface area contributed by atoms with Crippen molar-refractivity contribution >= 4 is 27.5 Å². The second-order valence-electron chi connectivity index (χ2n) is 5.00. The van der Waals surface area contributed by atoms with Crippen LogP contribution in [-0.2, 0) is 7.05 Å². The minimum absolute atomic E-state index is 0.0445. The second-order valence-corrected chi connectivity index (χ2v) is 6.03. The summed E-state index contributed by atoms with van der Waals surface area (Å²) >= 11 is 1.44. The van der Waals surface area contributed by atoms with Crippen molar-refractivity contribution in [1.29, 1.82) is 0 Å². The molecule has 0 spiro atoms. The molecule has 1 amide bonds. The van der Waals surface area contributed by atoms with Crippen molar-refractivity contribution in [3.05, 3.63) is 16.6 Å². The molecule has 0 fully saturated rings. The van der Waals surface area contributed by atoms with Crippen LogP contribution in [0.5, 0.6) is 0 Å². The topological polar surface area (TPSA) is 67.2 Å². The average molecular weight is 281 g/mol. The Labute approximate surface area is 116 Å². The molecule has 2 N–H and O–H groups in total. The van der Waals surface area contributed by atoms with Crippen molar-refractivity contribution in [2.24, 2.45) is 7.05 Å². The van der Waals surface area contributed by atoms with Crippen LogP contribution in [0.3, 0.4) is 0 Å². The number of amides is 1. The minimum atomic E-state index is -0.413. The zero-order valence-electron chi connectivity index (χ0n) is 11.6. The van der Waals surface area contributed by atoms with Crippen molar-refractivity contribution in [2.45, 2.75) is 39.3 Å². The highest BCUT2D eigenvalue weighted by Crippen LogP contribution is 2.27. The summed E-state index contributed by atoms with van der Waals surface area (Å²) in [7, 11) is 1.88. The van der Waals surface area contributed by atoms with Crippen molar-refractivity contribution in [3.8, 4) is 0 Å². The summed E-state index contributed by atoms with van der Waals surface area (Å²) in [6.07, 6.45) is 0.140. The standard InChI is InChI=1S/C13H19N3O2S/c1-7(5-8(2)17)14-12(18)11-6-10-9(3)15-16(4)13(10)19-11/h6-8,17H,5H2,1-4H3,(H,14,18). The number of carbonyl (C=O) groups excluding carboxylic acids is 1. The number of aliphatic hydroxyl groups is 1. The summed E-state index contributed by atoms with van der Waals surface area (Å²) < 4.78 is 1.80. The predicted octanol–water partition coefficient (Wildman–Crippen LogP) is 1.83.